The van der Waals surface area contributed by atoms with Gasteiger partial charge in [-0.1, -0.05) is 23.2 Å². The molecule has 0 amide bonds. The lowest BCUT2D eigenvalue weighted by Gasteiger charge is -2.13. The topological polar surface area (TPSA) is 54.4 Å². The third-order valence-corrected chi connectivity index (χ3v) is 4.03. The van der Waals surface area contributed by atoms with Gasteiger partial charge in [-0.15, -0.1) is 11.3 Å². The highest BCUT2D eigenvalue weighted by atomic mass is 35.5. The first-order valence-corrected chi connectivity index (χ1v) is 8.06. The van der Waals surface area contributed by atoms with Crippen LogP contribution in [0.2, 0.25) is 10.0 Å². The van der Waals surface area contributed by atoms with Crippen LogP contribution < -0.4 is 10.1 Å². The van der Waals surface area contributed by atoms with E-state index < -0.39 is 6.10 Å². The van der Waals surface area contributed by atoms with E-state index in [4.69, 9.17) is 27.9 Å². The molecule has 0 fully saturated rings. The number of aromatic nitrogens is 1. The Morgan fingerprint density at radius 1 is 1.43 bits per heavy atom. The molecule has 0 radical (unpaired) electrons. The number of nitrogens with one attached hydrogen (secondary N) is 1. The van der Waals surface area contributed by atoms with Crippen molar-refractivity contribution in [2.75, 3.05) is 13.2 Å². The predicted octanol–water partition coefficient (Wildman–Crippen LogP) is 3.29. The number of hydrogen-bond donors (Lipinski definition) is 2. The van der Waals surface area contributed by atoms with Crippen molar-refractivity contribution >= 4 is 34.5 Å². The first-order chi connectivity index (χ1) is 10.0. The summed E-state index contributed by atoms with van der Waals surface area (Å²) in [6.07, 6.45) is -0.628. The predicted molar refractivity (Wildman–Crippen MR) is 86.5 cm³/mol. The molecule has 0 bridgehead atoms. The Morgan fingerprint density at radius 2 is 2.24 bits per heavy atom. The molecule has 0 aliphatic heterocycles. The number of ether oxygens (including phenoxy) is 1. The first kappa shape index (κ1) is 16.5. The van der Waals surface area contributed by atoms with Crippen molar-refractivity contribution in [3.8, 4) is 5.75 Å². The highest BCUT2D eigenvalue weighted by molar-refractivity contribution is 7.09. The van der Waals surface area contributed by atoms with Gasteiger partial charge < -0.3 is 15.2 Å². The van der Waals surface area contributed by atoms with E-state index >= 15 is 0 Å². The molecule has 4 nitrogen and oxygen atoms in total. The lowest BCUT2D eigenvalue weighted by atomic mass is 10.3. The summed E-state index contributed by atoms with van der Waals surface area (Å²) in [7, 11) is 0. The van der Waals surface area contributed by atoms with Crippen molar-refractivity contribution in [3.63, 3.8) is 0 Å². The maximum atomic E-state index is 9.86. The number of halogens is 2. The van der Waals surface area contributed by atoms with Crippen molar-refractivity contribution < 1.29 is 9.84 Å². The van der Waals surface area contributed by atoms with E-state index in [0.717, 1.165) is 10.7 Å². The molecular weight excluding hydrogens is 331 g/mol. The maximum absolute atomic E-state index is 9.86. The molecule has 21 heavy (non-hydrogen) atoms. The van der Waals surface area contributed by atoms with Gasteiger partial charge >= 0.3 is 0 Å². The molecule has 7 heteroatoms. The summed E-state index contributed by atoms with van der Waals surface area (Å²) in [5, 5.41) is 17.0. The minimum atomic E-state index is -0.628. The van der Waals surface area contributed by atoms with E-state index in [1.807, 2.05) is 12.3 Å². The molecule has 0 spiro atoms. The van der Waals surface area contributed by atoms with Crippen molar-refractivity contribution in [2.45, 2.75) is 19.6 Å². The molecule has 1 aromatic carbocycles. The standard InChI is InChI=1S/C14H16Cl2N2O2S/c1-9-18-11(8-21-9)5-17-6-12(19)7-20-14-3-2-10(15)4-13(14)16/h2-4,8,12,17,19H,5-7H2,1H3. The molecule has 1 heterocycles. The second kappa shape index (κ2) is 7.96. The highest BCUT2D eigenvalue weighted by Gasteiger charge is 2.08. The number of thiazole rings is 1. The Bertz CT molecular complexity index is 592. The molecule has 2 N–H and O–H groups in total. The zero-order chi connectivity index (χ0) is 15.2. The first-order valence-electron chi connectivity index (χ1n) is 6.42. The lowest BCUT2D eigenvalue weighted by molar-refractivity contribution is 0.106. The fourth-order valence-electron chi connectivity index (χ4n) is 1.69. The second-order valence-electron chi connectivity index (χ2n) is 4.53. The lowest BCUT2D eigenvalue weighted by Crippen LogP contribution is -2.31. The monoisotopic (exact) mass is 346 g/mol. The summed E-state index contributed by atoms with van der Waals surface area (Å²) >= 11 is 13.4. The average Bonchev–Trinajstić information content (AvgIpc) is 2.83. The fourth-order valence-corrected chi connectivity index (χ4v) is 2.77. The number of hydrogen-bond acceptors (Lipinski definition) is 5. The van der Waals surface area contributed by atoms with Crippen molar-refractivity contribution in [2.24, 2.45) is 0 Å². The van der Waals surface area contributed by atoms with Crippen molar-refractivity contribution in [1.82, 2.24) is 10.3 Å². The van der Waals surface area contributed by atoms with Crippen LogP contribution in [-0.4, -0.2) is 29.3 Å². The van der Waals surface area contributed by atoms with Gasteiger partial charge in [-0.25, -0.2) is 4.98 Å². The summed E-state index contributed by atoms with van der Waals surface area (Å²) in [5.74, 6) is 0.509. The molecule has 2 rings (SSSR count). The number of aliphatic hydroxyl groups excluding tert-OH is 1. The van der Waals surface area contributed by atoms with Gasteiger partial charge in [0.15, 0.2) is 0 Å². The zero-order valence-corrected chi connectivity index (χ0v) is 13.8. The van der Waals surface area contributed by atoms with Crippen LogP contribution in [0.25, 0.3) is 0 Å². The maximum Gasteiger partial charge on any atom is 0.138 e. The molecular formula is C14H16Cl2N2O2S. The summed E-state index contributed by atoms with van der Waals surface area (Å²) in [5.41, 5.74) is 0.978. The minimum absolute atomic E-state index is 0.157. The second-order valence-corrected chi connectivity index (χ2v) is 6.43. The van der Waals surface area contributed by atoms with Crippen LogP contribution in [-0.2, 0) is 6.54 Å². The summed E-state index contributed by atoms with van der Waals surface area (Å²) in [4.78, 5) is 4.33. The van der Waals surface area contributed by atoms with E-state index in [0.29, 0.717) is 28.9 Å². The number of benzene rings is 1. The molecule has 114 valence electrons. The van der Waals surface area contributed by atoms with Crippen LogP contribution in [0.4, 0.5) is 0 Å². The van der Waals surface area contributed by atoms with Gasteiger partial charge in [0.1, 0.15) is 18.5 Å². The Balaban J connectivity index is 1.70. The van der Waals surface area contributed by atoms with Gasteiger partial charge in [0.25, 0.3) is 0 Å². The van der Waals surface area contributed by atoms with E-state index in [9.17, 15) is 5.11 Å². The number of aliphatic hydroxyl groups is 1. The average molecular weight is 347 g/mol. The highest BCUT2D eigenvalue weighted by Crippen LogP contribution is 2.27. The van der Waals surface area contributed by atoms with Gasteiger partial charge in [-0.2, -0.15) is 0 Å². The molecule has 1 unspecified atom stereocenters. The molecule has 0 aliphatic rings. The normalized spacial score (nSPS) is 12.4. The van der Waals surface area contributed by atoms with Crippen LogP contribution in [0.15, 0.2) is 23.6 Å². The summed E-state index contributed by atoms with van der Waals surface area (Å²) in [6, 6.07) is 4.98. The van der Waals surface area contributed by atoms with Gasteiger partial charge in [0.05, 0.1) is 15.7 Å². The Morgan fingerprint density at radius 3 is 2.90 bits per heavy atom. The molecule has 2 aromatic rings. The van der Waals surface area contributed by atoms with E-state index in [1.54, 1.807) is 29.5 Å². The fraction of sp³-hybridized carbons (Fsp3) is 0.357. The van der Waals surface area contributed by atoms with Crippen molar-refractivity contribution in [3.05, 3.63) is 44.3 Å². The van der Waals surface area contributed by atoms with Gasteiger partial charge in [0.2, 0.25) is 0 Å². The third-order valence-electron chi connectivity index (χ3n) is 2.68. The number of aryl methyl sites for hydroxylation is 1. The SMILES string of the molecule is Cc1nc(CNCC(O)COc2ccc(Cl)cc2Cl)cs1. The minimum Gasteiger partial charge on any atom is -0.489 e. The van der Waals surface area contributed by atoms with Crippen LogP contribution in [0.1, 0.15) is 10.7 Å². The molecule has 0 aliphatic carbocycles. The van der Waals surface area contributed by atoms with Gasteiger partial charge in [-0.05, 0) is 25.1 Å². The Kier molecular flexibility index (Phi) is 6.26. The molecule has 1 aromatic heterocycles. The largest absolute Gasteiger partial charge is 0.489 e. The van der Waals surface area contributed by atoms with E-state index in [1.165, 1.54) is 0 Å². The Labute approximate surface area is 137 Å². The van der Waals surface area contributed by atoms with Crippen LogP contribution in [0.3, 0.4) is 0 Å². The quantitative estimate of drug-likeness (QED) is 0.807. The van der Waals surface area contributed by atoms with E-state index in [-0.39, 0.29) is 6.61 Å². The Hall–Kier alpha value is -0.850. The van der Waals surface area contributed by atoms with E-state index in [2.05, 4.69) is 10.3 Å². The van der Waals surface area contributed by atoms with Gasteiger partial charge in [0, 0.05) is 23.5 Å². The molecule has 1 atom stereocenters. The molecule has 0 saturated heterocycles. The van der Waals surface area contributed by atoms with Gasteiger partial charge in [-0.3, -0.25) is 0 Å². The summed E-state index contributed by atoms with van der Waals surface area (Å²) < 4.78 is 5.47. The van der Waals surface area contributed by atoms with Crippen LogP contribution >= 0.6 is 34.5 Å². The van der Waals surface area contributed by atoms with Crippen molar-refractivity contribution in [1.29, 1.82) is 0 Å². The smallest absolute Gasteiger partial charge is 0.138 e. The molecule has 0 saturated carbocycles. The third kappa shape index (κ3) is 5.45. The zero-order valence-electron chi connectivity index (χ0n) is 11.5. The van der Waals surface area contributed by atoms with Crippen LogP contribution in [0.5, 0.6) is 5.75 Å². The number of nitrogens with zero attached hydrogens (tertiary/aromatic N) is 1. The van der Waals surface area contributed by atoms with Crippen LogP contribution in [0, 0.1) is 6.92 Å². The summed E-state index contributed by atoms with van der Waals surface area (Å²) in [6.45, 7) is 3.17. The number of rotatable bonds is 7.